The largest absolute Gasteiger partial charge is 0.419 e. The number of carbonyl (C=O) groups is 1. The van der Waals surface area contributed by atoms with Gasteiger partial charge in [-0.1, -0.05) is 12.1 Å². The molecule has 0 radical (unpaired) electrons. The molecule has 1 rings (SSSR count). The smallest absolute Gasteiger partial charge is 0.316 e. The summed E-state index contributed by atoms with van der Waals surface area (Å²) in [6.07, 6.45) is 0. The van der Waals surface area contributed by atoms with Crippen LogP contribution in [0.2, 0.25) is 0 Å². The second-order valence-corrected chi connectivity index (χ2v) is 4.36. The zero-order chi connectivity index (χ0) is 12.3. The van der Waals surface area contributed by atoms with E-state index in [1.165, 1.54) is 18.2 Å². The molecular formula is C11H13NO4. The third kappa shape index (κ3) is 2.79. The molecule has 0 unspecified atom stereocenters. The van der Waals surface area contributed by atoms with Crippen LogP contribution in [0.5, 0.6) is 5.75 Å². The van der Waals surface area contributed by atoms with E-state index in [0.29, 0.717) is 0 Å². The molecule has 0 amide bonds. The zero-order valence-electron chi connectivity index (χ0n) is 9.39. The van der Waals surface area contributed by atoms with Gasteiger partial charge >= 0.3 is 11.7 Å². The van der Waals surface area contributed by atoms with E-state index >= 15 is 0 Å². The van der Waals surface area contributed by atoms with Crippen LogP contribution in [0.1, 0.15) is 20.8 Å². The van der Waals surface area contributed by atoms with Crippen LogP contribution >= 0.6 is 0 Å². The van der Waals surface area contributed by atoms with Gasteiger partial charge in [0.2, 0.25) is 5.75 Å². The number of esters is 1. The van der Waals surface area contributed by atoms with Crippen LogP contribution in [-0.4, -0.2) is 10.9 Å². The first-order chi connectivity index (χ1) is 7.32. The van der Waals surface area contributed by atoms with Crippen molar-refractivity contribution in [2.75, 3.05) is 0 Å². The molecule has 1 aromatic rings. The highest BCUT2D eigenvalue weighted by Gasteiger charge is 2.26. The monoisotopic (exact) mass is 223 g/mol. The van der Waals surface area contributed by atoms with Gasteiger partial charge < -0.3 is 4.74 Å². The lowest BCUT2D eigenvalue weighted by Crippen LogP contribution is -2.25. The van der Waals surface area contributed by atoms with Crippen molar-refractivity contribution in [1.29, 1.82) is 0 Å². The zero-order valence-corrected chi connectivity index (χ0v) is 9.39. The van der Waals surface area contributed by atoms with Crippen LogP contribution < -0.4 is 4.74 Å². The molecule has 0 bridgehead atoms. The highest BCUT2D eigenvalue weighted by molar-refractivity contribution is 5.78. The van der Waals surface area contributed by atoms with Gasteiger partial charge in [-0.2, -0.15) is 0 Å². The minimum Gasteiger partial charge on any atom is -0.419 e. The molecule has 0 saturated heterocycles. The SMILES string of the molecule is CC(C)(C)C(=O)Oc1ccccc1[N+](=O)[O-]. The number of nitro benzene ring substituents is 1. The summed E-state index contributed by atoms with van der Waals surface area (Å²) >= 11 is 0. The summed E-state index contributed by atoms with van der Waals surface area (Å²) in [5, 5.41) is 10.7. The van der Waals surface area contributed by atoms with Crippen LogP contribution in [-0.2, 0) is 4.79 Å². The number of hydrogen-bond donors (Lipinski definition) is 0. The lowest BCUT2D eigenvalue weighted by Gasteiger charge is -2.15. The summed E-state index contributed by atoms with van der Waals surface area (Å²) in [6.45, 7) is 5.05. The van der Waals surface area contributed by atoms with Crippen LogP contribution in [0.25, 0.3) is 0 Å². The Morgan fingerprint density at radius 2 is 1.88 bits per heavy atom. The van der Waals surface area contributed by atoms with Crippen molar-refractivity contribution in [2.24, 2.45) is 5.41 Å². The number of carbonyl (C=O) groups excluding carboxylic acids is 1. The summed E-state index contributed by atoms with van der Waals surface area (Å²) in [5.74, 6) is -0.519. The topological polar surface area (TPSA) is 69.4 Å². The molecule has 0 atom stereocenters. The lowest BCUT2D eigenvalue weighted by molar-refractivity contribution is -0.385. The molecule has 0 aliphatic carbocycles. The number of rotatable bonds is 2. The van der Waals surface area contributed by atoms with Crippen LogP contribution in [0, 0.1) is 15.5 Å². The average molecular weight is 223 g/mol. The minimum absolute atomic E-state index is 0.0209. The van der Waals surface area contributed by atoms with Gasteiger partial charge in [-0.05, 0) is 26.8 Å². The molecule has 0 aromatic heterocycles. The summed E-state index contributed by atoms with van der Waals surface area (Å²) in [6, 6.07) is 5.80. The van der Waals surface area contributed by atoms with Crippen molar-refractivity contribution in [2.45, 2.75) is 20.8 Å². The first kappa shape index (κ1) is 12.2. The van der Waals surface area contributed by atoms with E-state index in [1.807, 2.05) is 0 Å². The van der Waals surface area contributed by atoms with Crippen LogP contribution in [0.4, 0.5) is 5.69 Å². The van der Waals surface area contributed by atoms with Gasteiger partial charge in [-0.15, -0.1) is 0 Å². The molecule has 0 aliphatic rings. The van der Waals surface area contributed by atoms with Crippen molar-refractivity contribution in [3.05, 3.63) is 34.4 Å². The van der Waals surface area contributed by atoms with E-state index in [2.05, 4.69) is 0 Å². The highest BCUT2D eigenvalue weighted by atomic mass is 16.6. The molecule has 0 spiro atoms. The Kier molecular flexibility index (Phi) is 3.27. The lowest BCUT2D eigenvalue weighted by atomic mass is 9.97. The maximum Gasteiger partial charge on any atom is 0.316 e. The normalized spacial score (nSPS) is 10.9. The molecule has 16 heavy (non-hydrogen) atoms. The van der Waals surface area contributed by atoms with Crippen molar-refractivity contribution < 1.29 is 14.5 Å². The van der Waals surface area contributed by atoms with Gasteiger partial charge in [0.15, 0.2) is 0 Å². The molecule has 0 heterocycles. The number of hydrogen-bond acceptors (Lipinski definition) is 4. The fourth-order valence-corrected chi connectivity index (χ4v) is 0.947. The van der Waals surface area contributed by atoms with E-state index in [4.69, 9.17) is 4.74 Å². The van der Waals surface area contributed by atoms with Gasteiger partial charge in [0.05, 0.1) is 10.3 Å². The van der Waals surface area contributed by atoms with E-state index in [0.717, 1.165) is 0 Å². The van der Waals surface area contributed by atoms with Gasteiger partial charge in [-0.3, -0.25) is 14.9 Å². The first-order valence-corrected chi connectivity index (χ1v) is 4.78. The number of para-hydroxylation sites is 2. The van der Waals surface area contributed by atoms with Gasteiger partial charge in [-0.25, -0.2) is 0 Å². The second-order valence-electron chi connectivity index (χ2n) is 4.36. The maximum absolute atomic E-state index is 11.6. The predicted octanol–water partition coefficient (Wildman–Crippen LogP) is 2.55. The number of nitrogens with zero attached hydrogens (tertiary/aromatic N) is 1. The van der Waals surface area contributed by atoms with Crippen molar-refractivity contribution >= 4 is 11.7 Å². The first-order valence-electron chi connectivity index (χ1n) is 4.78. The summed E-state index contributed by atoms with van der Waals surface area (Å²) in [5.41, 5.74) is -0.899. The molecule has 86 valence electrons. The van der Waals surface area contributed by atoms with E-state index < -0.39 is 16.3 Å². The van der Waals surface area contributed by atoms with Crippen molar-refractivity contribution in [1.82, 2.24) is 0 Å². The third-order valence-electron chi connectivity index (χ3n) is 1.88. The van der Waals surface area contributed by atoms with E-state index in [9.17, 15) is 14.9 Å². The Hall–Kier alpha value is -1.91. The molecule has 5 nitrogen and oxygen atoms in total. The molecule has 1 aromatic carbocycles. The fourth-order valence-electron chi connectivity index (χ4n) is 0.947. The van der Waals surface area contributed by atoms with Crippen LogP contribution in [0.3, 0.4) is 0 Å². The van der Waals surface area contributed by atoms with Crippen molar-refractivity contribution in [3.8, 4) is 5.75 Å². The molecule has 0 fully saturated rings. The second kappa shape index (κ2) is 4.30. The Balaban J connectivity index is 2.98. The summed E-state index contributed by atoms with van der Waals surface area (Å²) < 4.78 is 4.99. The van der Waals surface area contributed by atoms with Crippen molar-refractivity contribution in [3.63, 3.8) is 0 Å². The van der Waals surface area contributed by atoms with Crippen LogP contribution in [0.15, 0.2) is 24.3 Å². The molecule has 0 aliphatic heterocycles. The fraction of sp³-hybridized carbons (Fsp3) is 0.364. The van der Waals surface area contributed by atoms with Gasteiger partial charge in [0.25, 0.3) is 0 Å². The summed E-state index contributed by atoms with van der Waals surface area (Å²) in [7, 11) is 0. The Morgan fingerprint density at radius 1 is 1.31 bits per heavy atom. The van der Waals surface area contributed by atoms with Gasteiger partial charge in [0, 0.05) is 6.07 Å². The molecule has 0 N–H and O–H groups in total. The Labute approximate surface area is 93.2 Å². The average Bonchev–Trinajstić information content (AvgIpc) is 2.16. The van der Waals surface area contributed by atoms with Gasteiger partial charge in [0.1, 0.15) is 0 Å². The number of nitro groups is 1. The highest BCUT2D eigenvalue weighted by Crippen LogP contribution is 2.28. The molecule has 5 heteroatoms. The number of benzene rings is 1. The minimum atomic E-state index is -0.691. The van der Waals surface area contributed by atoms with E-state index in [1.54, 1.807) is 26.8 Å². The third-order valence-corrected chi connectivity index (χ3v) is 1.88. The number of ether oxygens (including phenoxy) is 1. The van der Waals surface area contributed by atoms with E-state index in [-0.39, 0.29) is 11.4 Å². The predicted molar refractivity (Wildman–Crippen MR) is 58.2 cm³/mol. The molecule has 0 saturated carbocycles. The summed E-state index contributed by atoms with van der Waals surface area (Å²) in [4.78, 5) is 21.7. The Bertz CT molecular complexity index is 420. The quantitative estimate of drug-likeness (QED) is 0.334. The molecular weight excluding hydrogens is 210 g/mol. The Morgan fingerprint density at radius 3 is 2.38 bits per heavy atom. The maximum atomic E-state index is 11.6. The standard InChI is InChI=1S/C11H13NO4/c1-11(2,3)10(13)16-9-7-5-4-6-8(9)12(14)15/h4-7H,1-3H3.